The van der Waals surface area contributed by atoms with Crippen LogP contribution >= 0.6 is 35.1 Å². The minimum Gasteiger partial charge on any atom is -0.435 e. The van der Waals surface area contributed by atoms with Crippen LogP contribution in [0.3, 0.4) is 0 Å². The molecule has 0 atom stereocenters. The van der Waals surface area contributed by atoms with E-state index in [0.29, 0.717) is 27.8 Å². The van der Waals surface area contributed by atoms with Gasteiger partial charge in [-0.05, 0) is 54.8 Å². The van der Waals surface area contributed by atoms with E-state index in [1.807, 2.05) is 25.1 Å². The second kappa shape index (κ2) is 8.40. The van der Waals surface area contributed by atoms with Gasteiger partial charge in [0.15, 0.2) is 12.0 Å². The quantitative estimate of drug-likeness (QED) is 0.411. The highest BCUT2D eigenvalue weighted by Crippen LogP contribution is 2.34. The summed E-state index contributed by atoms with van der Waals surface area (Å²) in [4.78, 5) is 20.2. The number of benzene rings is 1. The van der Waals surface area contributed by atoms with E-state index in [9.17, 15) is 4.79 Å². The molecule has 0 bridgehead atoms. The highest BCUT2D eigenvalue weighted by atomic mass is 35.5. The summed E-state index contributed by atoms with van der Waals surface area (Å²) in [5.41, 5.74) is 1.75. The molecule has 5 nitrogen and oxygen atoms in total. The van der Waals surface area contributed by atoms with Crippen molar-refractivity contribution in [3.05, 3.63) is 70.1 Å². The number of hydrogen-bond donors (Lipinski definition) is 1. The molecule has 26 heavy (non-hydrogen) atoms. The molecule has 1 aromatic carbocycles. The number of hydrogen-bond acceptors (Lipinski definition) is 6. The molecule has 0 spiro atoms. The van der Waals surface area contributed by atoms with Crippen LogP contribution in [0, 0.1) is 6.92 Å². The topological polar surface area (TPSA) is 64.1 Å². The van der Waals surface area contributed by atoms with Crippen molar-refractivity contribution in [2.24, 2.45) is 0 Å². The first-order valence-electron chi connectivity index (χ1n) is 7.49. The van der Waals surface area contributed by atoms with Crippen molar-refractivity contribution in [1.29, 1.82) is 0 Å². The van der Waals surface area contributed by atoms with Crippen LogP contribution in [0.15, 0.2) is 53.7 Å². The Balaban J connectivity index is 1.83. The number of nitrogens with one attached hydrogen (secondary N) is 1. The fourth-order valence-electron chi connectivity index (χ4n) is 2.01. The van der Waals surface area contributed by atoms with Crippen LogP contribution in [0.5, 0.6) is 11.6 Å². The molecule has 0 fully saturated rings. The number of halogens is 2. The Labute approximate surface area is 164 Å². The third-order valence-electron chi connectivity index (χ3n) is 3.36. The zero-order valence-electron chi connectivity index (χ0n) is 13.6. The van der Waals surface area contributed by atoms with Gasteiger partial charge in [0, 0.05) is 22.3 Å². The number of carbonyl (C=O) groups excluding carboxylic acids is 1. The smallest absolute Gasteiger partial charge is 0.243 e. The van der Waals surface area contributed by atoms with E-state index in [0.717, 1.165) is 10.5 Å². The molecule has 0 saturated carbocycles. The van der Waals surface area contributed by atoms with Crippen LogP contribution < -0.4 is 9.46 Å². The minimum absolute atomic E-state index is 0.188. The Morgan fingerprint density at radius 3 is 2.81 bits per heavy atom. The maximum absolute atomic E-state index is 11.1. The van der Waals surface area contributed by atoms with Crippen molar-refractivity contribution in [3.8, 4) is 11.6 Å². The van der Waals surface area contributed by atoms with Gasteiger partial charge in [-0.15, -0.1) is 0 Å². The predicted molar refractivity (Wildman–Crippen MR) is 105 cm³/mol. The fraction of sp³-hybridized carbons (Fsp3) is 0.0556. The molecule has 0 radical (unpaired) electrons. The van der Waals surface area contributed by atoms with Gasteiger partial charge >= 0.3 is 0 Å². The van der Waals surface area contributed by atoms with E-state index in [-0.39, 0.29) is 11.6 Å². The van der Waals surface area contributed by atoms with Crippen molar-refractivity contribution < 1.29 is 9.53 Å². The maximum atomic E-state index is 11.1. The number of anilines is 1. The number of carbonyl (C=O) groups is 1. The number of rotatable bonds is 6. The van der Waals surface area contributed by atoms with E-state index in [2.05, 4.69) is 14.7 Å². The van der Waals surface area contributed by atoms with Crippen LogP contribution in [-0.2, 0) is 0 Å². The molecule has 0 saturated heterocycles. The Kier molecular flexibility index (Phi) is 5.98. The summed E-state index contributed by atoms with van der Waals surface area (Å²) in [6.45, 7) is 1.94. The van der Waals surface area contributed by atoms with Gasteiger partial charge in [0.25, 0.3) is 0 Å². The molecule has 3 rings (SSSR count). The van der Waals surface area contributed by atoms with Crippen molar-refractivity contribution in [3.63, 3.8) is 0 Å². The van der Waals surface area contributed by atoms with Gasteiger partial charge in [0.2, 0.25) is 5.88 Å². The molecule has 0 amide bonds. The largest absolute Gasteiger partial charge is 0.435 e. The monoisotopic (exact) mass is 405 g/mol. The normalized spacial score (nSPS) is 10.4. The summed E-state index contributed by atoms with van der Waals surface area (Å²) in [6, 6.07) is 10.7. The SMILES string of the molecule is Cc1ccc(SNc2cc(Cl)cnc2Oc2cccnc2C=O)cc1Cl. The lowest BCUT2D eigenvalue weighted by atomic mass is 10.2. The molecule has 0 aliphatic rings. The van der Waals surface area contributed by atoms with Gasteiger partial charge in [-0.3, -0.25) is 4.79 Å². The molecule has 2 aromatic heterocycles. The third kappa shape index (κ3) is 4.46. The van der Waals surface area contributed by atoms with E-state index >= 15 is 0 Å². The minimum atomic E-state index is 0.188. The van der Waals surface area contributed by atoms with Crippen molar-refractivity contribution in [1.82, 2.24) is 9.97 Å². The Bertz CT molecular complexity index is 953. The Morgan fingerprint density at radius 2 is 2.04 bits per heavy atom. The van der Waals surface area contributed by atoms with Crippen LogP contribution in [-0.4, -0.2) is 16.3 Å². The van der Waals surface area contributed by atoms with Gasteiger partial charge in [-0.25, -0.2) is 9.97 Å². The van der Waals surface area contributed by atoms with Crippen LogP contribution in [0.2, 0.25) is 10.0 Å². The van der Waals surface area contributed by atoms with Crippen LogP contribution in [0.1, 0.15) is 16.1 Å². The number of pyridine rings is 2. The first kappa shape index (κ1) is 18.5. The lowest BCUT2D eigenvalue weighted by Crippen LogP contribution is -1.98. The van der Waals surface area contributed by atoms with Crippen molar-refractivity contribution in [2.75, 3.05) is 4.72 Å². The summed E-state index contributed by atoms with van der Waals surface area (Å²) in [7, 11) is 0. The van der Waals surface area contributed by atoms with E-state index in [1.165, 1.54) is 24.3 Å². The molecule has 0 aliphatic carbocycles. The second-order valence-corrected chi connectivity index (χ2v) is 6.95. The summed E-state index contributed by atoms with van der Waals surface area (Å²) in [5.74, 6) is 0.583. The lowest BCUT2D eigenvalue weighted by molar-refractivity contribution is 0.111. The molecule has 0 unspecified atom stereocenters. The van der Waals surface area contributed by atoms with Gasteiger partial charge in [0.1, 0.15) is 11.4 Å². The lowest BCUT2D eigenvalue weighted by Gasteiger charge is -2.12. The fourth-order valence-corrected chi connectivity index (χ4v) is 3.10. The standard InChI is InChI=1S/C18H13Cl2N3O2S/c1-11-4-5-13(8-14(11)20)26-23-15-7-12(19)9-22-18(15)25-17-3-2-6-21-16(17)10-24/h2-10,23H,1H3. The van der Waals surface area contributed by atoms with Gasteiger partial charge < -0.3 is 9.46 Å². The number of nitrogens with zero attached hydrogens (tertiary/aromatic N) is 2. The predicted octanol–water partition coefficient (Wildman–Crippen LogP) is 5.82. The van der Waals surface area contributed by atoms with Gasteiger partial charge in [-0.1, -0.05) is 29.3 Å². The number of aromatic nitrogens is 2. The van der Waals surface area contributed by atoms with E-state index in [1.54, 1.807) is 18.2 Å². The van der Waals surface area contributed by atoms with Crippen molar-refractivity contribution >= 4 is 47.1 Å². The second-order valence-electron chi connectivity index (χ2n) is 5.23. The van der Waals surface area contributed by atoms with E-state index in [4.69, 9.17) is 27.9 Å². The summed E-state index contributed by atoms with van der Waals surface area (Å²) >= 11 is 13.5. The van der Waals surface area contributed by atoms with Gasteiger partial charge in [-0.2, -0.15) is 0 Å². The average molecular weight is 406 g/mol. The number of aldehydes is 1. The molecule has 2 heterocycles. The number of aryl methyl sites for hydroxylation is 1. The maximum Gasteiger partial charge on any atom is 0.243 e. The first-order chi connectivity index (χ1) is 12.6. The Morgan fingerprint density at radius 1 is 1.19 bits per heavy atom. The van der Waals surface area contributed by atoms with Crippen LogP contribution in [0.4, 0.5) is 5.69 Å². The zero-order chi connectivity index (χ0) is 18.5. The Hall–Kier alpha value is -2.28. The van der Waals surface area contributed by atoms with E-state index < -0.39 is 0 Å². The average Bonchev–Trinajstić information content (AvgIpc) is 2.65. The summed E-state index contributed by atoms with van der Waals surface area (Å²) in [5, 5.41) is 1.13. The summed E-state index contributed by atoms with van der Waals surface area (Å²) in [6.07, 6.45) is 3.61. The number of ether oxygens (including phenoxy) is 1. The molecule has 0 aliphatic heterocycles. The molecule has 1 N–H and O–H groups in total. The molecular formula is C18H13Cl2N3O2S. The molecule has 3 aromatic rings. The zero-order valence-corrected chi connectivity index (χ0v) is 15.9. The first-order valence-corrected chi connectivity index (χ1v) is 9.06. The highest BCUT2D eigenvalue weighted by molar-refractivity contribution is 8.00. The highest BCUT2D eigenvalue weighted by Gasteiger charge is 2.12. The molecular weight excluding hydrogens is 393 g/mol. The summed E-state index contributed by atoms with van der Waals surface area (Å²) < 4.78 is 8.90. The van der Waals surface area contributed by atoms with Crippen molar-refractivity contribution in [2.45, 2.75) is 11.8 Å². The molecule has 8 heteroatoms. The van der Waals surface area contributed by atoms with Gasteiger partial charge in [0.05, 0.1) is 5.02 Å². The third-order valence-corrected chi connectivity index (χ3v) is 4.78. The molecule has 132 valence electrons. The van der Waals surface area contributed by atoms with Crippen LogP contribution in [0.25, 0.3) is 0 Å².